The van der Waals surface area contributed by atoms with E-state index >= 15 is 0 Å². The van der Waals surface area contributed by atoms with Gasteiger partial charge in [-0.1, -0.05) is 0 Å². The van der Waals surface area contributed by atoms with Crippen LogP contribution >= 0.6 is 0 Å². The van der Waals surface area contributed by atoms with Crippen molar-refractivity contribution >= 4 is 5.82 Å². The van der Waals surface area contributed by atoms with Crippen molar-refractivity contribution in [2.45, 2.75) is 31.2 Å². The van der Waals surface area contributed by atoms with Crippen molar-refractivity contribution in [3.05, 3.63) is 18.6 Å². The van der Waals surface area contributed by atoms with E-state index in [1.165, 1.54) is 12.8 Å². The summed E-state index contributed by atoms with van der Waals surface area (Å²) in [5.74, 6) is 1.02. The highest BCUT2D eigenvalue weighted by atomic mass is 16.5. The van der Waals surface area contributed by atoms with Crippen molar-refractivity contribution in [1.82, 2.24) is 9.97 Å². The van der Waals surface area contributed by atoms with Crippen LogP contribution in [0.5, 0.6) is 0 Å². The highest BCUT2D eigenvalue weighted by Crippen LogP contribution is 2.41. The van der Waals surface area contributed by atoms with Gasteiger partial charge >= 0.3 is 0 Å². The van der Waals surface area contributed by atoms with E-state index in [0.717, 1.165) is 38.4 Å². The van der Waals surface area contributed by atoms with Crippen LogP contribution in [0.15, 0.2) is 18.6 Å². The number of hydrogen-bond donors (Lipinski definition) is 0. The molecule has 2 aliphatic heterocycles. The Hall–Kier alpha value is -1.16. The smallest absolute Gasteiger partial charge is 0.147 e. The monoisotopic (exact) mass is 219 g/mol. The third-order valence-electron chi connectivity index (χ3n) is 3.84. The summed E-state index contributed by atoms with van der Waals surface area (Å²) in [4.78, 5) is 11.0. The molecule has 3 heterocycles. The predicted octanol–water partition coefficient (Wildman–Crippen LogP) is 1.63. The van der Waals surface area contributed by atoms with E-state index in [1.807, 2.05) is 6.20 Å². The Kier molecular flexibility index (Phi) is 2.52. The molecule has 1 aromatic rings. The summed E-state index contributed by atoms with van der Waals surface area (Å²) in [7, 11) is 0. The first kappa shape index (κ1) is 10.0. The maximum Gasteiger partial charge on any atom is 0.147 e. The van der Waals surface area contributed by atoms with Gasteiger partial charge in [0.15, 0.2) is 0 Å². The predicted molar refractivity (Wildman–Crippen MR) is 61.4 cm³/mol. The van der Waals surface area contributed by atoms with Crippen LogP contribution in [0, 0.1) is 0 Å². The number of nitrogens with zero attached hydrogens (tertiary/aromatic N) is 3. The molecule has 1 spiro atoms. The Morgan fingerprint density at radius 3 is 2.94 bits per heavy atom. The molecule has 1 unspecified atom stereocenters. The lowest BCUT2D eigenvalue weighted by Gasteiger charge is -2.53. The first-order chi connectivity index (χ1) is 7.91. The van der Waals surface area contributed by atoms with E-state index in [-0.39, 0.29) is 0 Å². The molecule has 0 aliphatic carbocycles. The summed E-state index contributed by atoms with van der Waals surface area (Å²) < 4.78 is 5.55. The molecular formula is C12H17N3O. The molecule has 0 radical (unpaired) electrons. The average molecular weight is 219 g/mol. The lowest BCUT2D eigenvalue weighted by molar-refractivity contribution is 0.132. The molecule has 16 heavy (non-hydrogen) atoms. The molecule has 1 aromatic heterocycles. The average Bonchev–Trinajstić information content (AvgIpc) is 2.56. The van der Waals surface area contributed by atoms with Gasteiger partial charge in [-0.25, -0.2) is 4.98 Å². The Bertz CT molecular complexity index is 347. The summed E-state index contributed by atoms with van der Waals surface area (Å²) in [6.07, 6.45) is 10.2. The molecular weight excluding hydrogens is 202 g/mol. The molecule has 2 saturated heterocycles. The Morgan fingerprint density at radius 2 is 2.19 bits per heavy atom. The summed E-state index contributed by atoms with van der Waals surface area (Å²) >= 11 is 0. The third-order valence-corrected chi connectivity index (χ3v) is 3.84. The van der Waals surface area contributed by atoms with Crippen LogP contribution in [-0.2, 0) is 4.74 Å². The van der Waals surface area contributed by atoms with Gasteiger partial charge in [0.05, 0.1) is 6.20 Å². The fraction of sp³-hybridized carbons (Fsp3) is 0.667. The van der Waals surface area contributed by atoms with Crippen molar-refractivity contribution in [3.8, 4) is 0 Å². The highest BCUT2D eigenvalue weighted by molar-refractivity contribution is 5.44. The number of aromatic nitrogens is 2. The van der Waals surface area contributed by atoms with E-state index in [2.05, 4.69) is 14.9 Å². The van der Waals surface area contributed by atoms with Crippen molar-refractivity contribution < 1.29 is 4.74 Å². The van der Waals surface area contributed by atoms with Crippen LogP contribution < -0.4 is 4.90 Å². The standard InChI is InChI=1S/C12H17N3O/c1-2-12(4-9-16-8-1)3-7-15(12)11-10-13-5-6-14-11/h5-6,10H,1-4,7-9H2. The van der Waals surface area contributed by atoms with Gasteiger partial charge in [-0.3, -0.25) is 4.98 Å². The minimum Gasteiger partial charge on any atom is -0.381 e. The van der Waals surface area contributed by atoms with Crippen LogP contribution in [-0.4, -0.2) is 35.3 Å². The van der Waals surface area contributed by atoms with E-state index in [1.54, 1.807) is 12.4 Å². The van der Waals surface area contributed by atoms with Crippen LogP contribution in [0.3, 0.4) is 0 Å². The molecule has 0 amide bonds. The fourth-order valence-corrected chi connectivity index (χ4v) is 2.84. The zero-order valence-corrected chi connectivity index (χ0v) is 9.43. The lowest BCUT2D eigenvalue weighted by atomic mass is 9.78. The lowest BCUT2D eigenvalue weighted by Crippen LogP contribution is -2.60. The van der Waals surface area contributed by atoms with Crippen LogP contribution in [0.4, 0.5) is 5.82 Å². The molecule has 3 rings (SSSR count). The van der Waals surface area contributed by atoms with Crippen molar-refractivity contribution in [2.75, 3.05) is 24.7 Å². The van der Waals surface area contributed by atoms with Gasteiger partial charge in [0, 0.05) is 37.7 Å². The molecule has 1 atom stereocenters. The van der Waals surface area contributed by atoms with Crippen molar-refractivity contribution in [1.29, 1.82) is 0 Å². The van der Waals surface area contributed by atoms with Crippen LogP contribution in [0.25, 0.3) is 0 Å². The number of anilines is 1. The largest absolute Gasteiger partial charge is 0.381 e. The maximum absolute atomic E-state index is 5.55. The first-order valence-corrected chi connectivity index (χ1v) is 6.02. The van der Waals surface area contributed by atoms with Gasteiger partial charge in [0.25, 0.3) is 0 Å². The second-order valence-corrected chi connectivity index (χ2v) is 4.66. The molecule has 4 heteroatoms. The molecule has 86 valence electrons. The first-order valence-electron chi connectivity index (χ1n) is 6.02. The summed E-state index contributed by atoms with van der Waals surface area (Å²) in [6, 6.07) is 0. The fourth-order valence-electron chi connectivity index (χ4n) is 2.84. The third kappa shape index (κ3) is 1.57. The van der Waals surface area contributed by atoms with Crippen molar-refractivity contribution in [3.63, 3.8) is 0 Å². The zero-order valence-electron chi connectivity index (χ0n) is 9.43. The molecule has 0 saturated carbocycles. The molecule has 0 aromatic carbocycles. The molecule has 0 bridgehead atoms. The maximum atomic E-state index is 5.55. The zero-order chi connectivity index (χ0) is 10.8. The van der Waals surface area contributed by atoms with Crippen LogP contribution in [0.2, 0.25) is 0 Å². The molecule has 4 nitrogen and oxygen atoms in total. The summed E-state index contributed by atoms with van der Waals surface area (Å²) in [5.41, 5.74) is 0.312. The van der Waals surface area contributed by atoms with E-state index in [4.69, 9.17) is 4.74 Å². The Balaban J connectivity index is 1.81. The van der Waals surface area contributed by atoms with Gasteiger partial charge in [-0.15, -0.1) is 0 Å². The number of hydrogen-bond acceptors (Lipinski definition) is 4. The van der Waals surface area contributed by atoms with E-state index < -0.39 is 0 Å². The van der Waals surface area contributed by atoms with Gasteiger partial charge in [-0.05, 0) is 25.7 Å². The SMILES string of the molecule is c1cnc(N2CCC23CCCOCC3)cn1. The summed E-state index contributed by atoms with van der Waals surface area (Å²) in [5, 5.41) is 0. The number of ether oxygens (including phenoxy) is 1. The minimum atomic E-state index is 0.312. The normalized spacial score (nSPS) is 29.9. The second kappa shape index (κ2) is 4.01. The number of rotatable bonds is 1. The van der Waals surface area contributed by atoms with Gasteiger partial charge in [-0.2, -0.15) is 0 Å². The van der Waals surface area contributed by atoms with E-state index in [0.29, 0.717) is 5.54 Å². The van der Waals surface area contributed by atoms with Crippen molar-refractivity contribution in [2.24, 2.45) is 0 Å². The quantitative estimate of drug-likeness (QED) is 0.719. The van der Waals surface area contributed by atoms with Gasteiger partial charge in [0.1, 0.15) is 5.82 Å². The Morgan fingerprint density at radius 1 is 1.19 bits per heavy atom. The molecule has 2 fully saturated rings. The van der Waals surface area contributed by atoms with E-state index in [9.17, 15) is 0 Å². The highest BCUT2D eigenvalue weighted by Gasteiger charge is 2.45. The molecule has 2 aliphatic rings. The van der Waals surface area contributed by atoms with Gasteiger partial charge in [0.2, 0.25) is 0 Å². The van der Waals surface area contributed by atoms with Gasteiger partial charge < -0.3 is 9.64 Å². The topological polar surface area (TPSA) is 38.2 Å². The molecule has 0 N–H and O–H groups in total. The second-order valence-electron chi connectivity index (χ2n) is 4.66. The van der Waals surface area contributed by atoms with Crippen LogP contribution in [0.1, 0.15) is 25.7 Å². The minimum absolute atomic E-state index is 0.312. The summed E-state index contributed by atoms with van der Waals surface area (Å²) in [6.45, 7) is 2.91. The Labute approximate surface area is 95.7 Å².